The first-order valence-corrected chi connectivity index (χ1v) is 5.22. The Balaban J connectivity index is 2.02. The minimum absolute atomic E-state index is 0.895. The van der Waals surface area contributed by atoms with Crippen molar-refractivity contribution in [2.45, 2.75) is 0 Å². The van der Waals surface area contributed by atoms with Gasteiger partial charge in [0.2, 0.25) is 0 Å². The molecule has 0 aromatic heterocycles. The minimum Gasteiger partial charge on any atom is -0.283 e. The third kappa shape index (κ3) is 1.40. The van der Waals surface area contributed by atoms with Crippen LogP contribution in [0.15, 0.2) is 60.7 Å². The molecule has 0 atom stereocenters. The molecule has 1 aliphatic rings. The van der Waals surface area contributed by atoms with Gasteiger partial charge in [-0.2, -0.15) is 0 Å². The molecule has 1 N–H and O–H groups in total. The summed E-state index contributed by atoms with van der Waals surface area (Å²) >= 11 is 0. The molecular weight excluding hydrogens is 198 g/mol. The Labute approximate surface area is 94.0 Å². The average Bonchev–Trinajstić information content (AvgIpc) is 3.03. The molecule has 0 radical (unpaired) electrons. The molecule has 0 saturated heterocycles. The van der Waals surface area contributed by atoms with Crippen molar-refractivity contribution in [1.82, 2.24) is 5.06 Å². The van der Waals surface area contributed by atoms with Crippen molar-refractivity contribution < 1.29 is 5.21 Å². The van der Waals surface area contributed by atoms with Gasteiger partial charge in [-0.25, -0.2) is 5.06 Å². The molecule has 1 aliphatic heterocycles. The summed E-state index contributed by atoms with van der Waals surface area (Å²) in [6.07, 6.45) is 0. The number of rotatable bonds is 2. The van der Waals surface area contributed by atoms with Crippen LogP contribution in [0.2, 0.25) is 0 Å². The van der Waals surface area contributed by atoms with Gasteiger partial charge in [0.05, 0.1) is 0 Å². The van der Waals surface area contributed by atoms with Crippen molar-refractivity contribution in [2.75, 3.05) is 0 Å². The standard InChI is InChI=1S/C14H11NO/c16-15-13(11-7-3-1-4-8-11)14(15)12-9-5-2-6-10-12/h1-10,16H. The van der Waals surface area contributed by atoms with Crippen LogP contribution in [0.5, 0.6) is 0 Å². The number of nitrogens with zero attached hydrogens (tertiary/aromatic N) is 1. The van der Waals surface area contributed by atoms with E-state index in [9.17, 15) is 5.21 Å². The van der Waals surface area contributed by atoms with E-state index < -0.39 is 0 Å². The topological polar surface area (TPSA) is 23.2 Å². The molecule has 0 aliphatic carbocycles. The molecule has 2 aromatic rings. The summed E-state index contributed by atoms with van der Waals surface area (Å²) in [4.78, 5) is 0. The molecule has 3 rings (SSSR count). The summed E-state index contributed by atoms with van der Waals surface area (Å²) in [6.45, 7) is 0. The molecule has 0 bridgehead atoms. The van der Waals surface area contributed by atoms with E-state index in [1.54, 1.807) is 0 Å². The van der Waals surface area contributed by atoms with E-state index in [1.165, 1.54) is 5.06 Å². The Morgan fingerprint density at radius 1 is 0.625 bits per heavy atom. The van der Waals surface area contributed by atoms with Crippen LogP contribution in [0.25, 0.3) is 11.4 Å². The molecule has 0 saturated carbocycles. The molecule has 0 unspecified atom stereocenters. The molecule has 1 heterocycles. The molecule has 2 aromatic carbocycles. The van der Waals surface area contributed by atoms with E-state index in [0.717, 1.165) is 22.5 Å². The van der Waals surface area contributed by atoms with Crippen molar-refractivity contribution in [3.05, 3.63) is 71.8 Å². The lowest BCUT2D eigenvalue weighted by Crippen LogP contribution is -1.91. The largest absolute Gasteiger partial charge is 0.283 e. The Morgan fingerprint density at radius 2 is 1.00 bits per heavy atom. The molecule has 0 spiro atoms. The van der Waals surface area contributed by atoms with Gasteiger partial charge >= 0.3 is 0 Å². The summed E-state index contributed by atoms with van der Waals surface area (Å²) in [7, 11) is 0. The van der Waals surface area contributed by atoms with Gasteiger partial charge < -0.3 is 0 Å². The SMILES string of the molecule is ON1C(c2ccccc2)=C1c1ccccc1. The van der Waals surface area contributed by atoms with Crippen LogP contribution >= 0.6 is 0 Å². The molecular formula is C14H11NO. The van der Waals surface area contributed by atoms with E-state index >= 15 is 0 Å². The number of benzene rings is 2. The maximum Gasteiger partial charge on any atom is 0.103 e. The molecule has 78 valence electrons. The van der Waals surface area contributed by atoms with Gasteiger partial charge in [-0.3, -0.25) is 5.21 Å². The quantitative estimate of drug-likeness (QED) is 0.820. The zero-order chi connectivity index (χ0) is 11.0. The summed E-state index contributed by atoms with van der Waals surface area (Å²) < 4.78 is 0. The van der Waals surface area contributed by atoms with Crippen LogP contribution in [0.3, 0.4) is 0 Å². The second-order valence-corrected chi connectivity index (χ2v) is 3.74. The number of hydrogen-bond donors (Lipinski definition) is 1. The van der Waals surface area contributed by atoms with E-state index in [1.807, 2.05) is 60.7 Å². The van der Waals surface area contributed by atoms with Crippen LogP contribution in [-0.4, -0.2) is 10.3 Å². The van der Waals surface area contributed by atoms with Gasteiger partial charge in [-0.05, 0) is 0 Å². The highest BCUT2D eigenvalue weighted by molar-refractivity contribution is 6.03. The molecule has 0 fully saturated rings. The minimum atomic E-state index is 0.895. The fourth-order valence-electron chi connectivity index (χ4n) is 1.87. The van der Waals surface area contributed by atoms with Crippen molar-refractivity contribution >= 4 is 11.4 Å². The van der Waals surface area contributed by atoms with Crippen LogP contribution in [-0.2, 0) is 0 Å². The fourth-order valence-corrected chi connectivity index (χ4v) is 1.87. The summed E-state index contributed by atoms with van der Waals surface area (Å²) in [6, 6.07) is 19.8. The molecule has 0 amide bonds. The smallest absolute Gasteiger partial charge is 0.103 e. The lowest BCUT2D eigenvalue weighted by molar-refractivity contribution is 0.0733. The monoisotopic (exact) mass is 209 g/mol. The second kappa shape index (κ2) is 3.51. The molecule has 2 heteroatoms. The van der Waals surface area contributed by atoms with Crippen LogP contribution in [0.1, 0.15) is 11.1 Å². The molecule has 16 heavy (non-hydrogen) atoms. The van der Waals surface area contributed by atoms with Gasteiger partial charge in [0.1, 0.15) is 11.4 Å². The summed E-state index contributed by atoms with van der Waals surface area (Å²) in [5.74, 6) is 0. The maximum absolute atomic E-state index is 9.75. The van der Waals surface area contributed by atoms with Gasteiger partial charge in [-0.1, -0.05) is 60.7 Å². The summed E-state index contributed by atoms with van der Waals surface area (Å²) in [5, 5.41) is 11.0. The third-order valence-electron chi connectivity index (χ3n) is 2.69. The Hall–Kier alpha value is -2.06. The van der Waals surface area contributed by atoms with E-state index in [-0.39, 0.29) is 0 Å². The average molecular weight is 209 g/mol. The highest BCUT2D eigenvalue weighted by atomic mass is 16.5. The van der Waals surface area contributed by atoms with Crippen molar-refractivity contribution in [2.24, 2.45) is 0 Å². The first-order valence-electron chi connectivity index (χ1n) is 5.22. The van der Waals surface area contributed by atoms with Crippen molar-refractivity contribution in [3.63, 3.8) is 0 Å². The highest BCUT2D eigenvalue weighted by Crippen LogP contribution is 2.44. The first kappa shape index (κ1) is 9.19. The normalized spacial score (nSPS) is 14.2. The lowest BCUT2D eigenvalue weighted by Gasteiger charge is -1.96. The Kier molecular flexibility index (Phi) is 2.01. The lowest BCUT2D eigenvalue weighted by atomic mass is 10.1. The maximum atomic E-state index is 9.75. The van der Waals surface area contributed by atoms with Gasteiger partial charge in [0.25, 0.3) is 0 Å². The third-order valence-corrected chi connectivity index (χ3v) is 2.69. The zero-order valence-electron chi connectivity index (χ0n) is 8.67. The Morgan fingerprint density at radius 3 is 1.38 bits per heavy atom. The van der Waals surface area contributed by atoms with Crippen LogP contribution in [0, 0.1) is 0 Å². The highest BCUT2D eigenvalue weighted by Gasteiger charge is 2.34. The predicted molar refractivity (Wildman–Crippen MR) is 63.3 cm³/mol. The van der Waals surface area contributed by atoms with Crippen LogP contribution < -0.4 is 0 Å². The zero-order valence-corrected chi connectivity index (χ0v) is 8.67. The second-order valence-electron chi connectivity index (χ2n) is 3.74. The Bertz CT molecular complexity index is 482. The fraction of sp³-hybridized carbons (Fsp3) is 0. The van der Waals surface area contributed by atoms with Gasteiger partial charge in [0.15, 0.2) is 0 Å². The predicted octanol–water partition coefficient (Wildman–Crippen LogP) is 3.22. The van der Waals surface area contributed by atoms with Crippen molar-refractivity contribution in [1.29, 1.82) is 0 Å². The number of hydrogen-bond acceptors (Lipinski definition) is 2. The van der Waals surface area contributed by atoms with Crippen molar-refractivity contribution in [3.8, 4) is 0 Å². The first-order chi connectivity index (χ1) is 7.88. The van der Waals surface area contributed by atoms with Crippen LogP contribution in [0.4, 0.5) is 0 Å². The summed E-state index contributed by atoms with van der Waals surface area (Å²) in [5.41, 5.74) is 3.88. The van der Waals surface area contributed by atoms with E-state index in [0.29, 0.717) is 0 Å². The van der Waals surface area contributed by atoms with Gasteiger partial charge in [0, 0.05) is 11.1 Å². The van der Waals surface area contributed by atoms with E-state index in [2.05, 4.69) is 0 Å². The molecule has 2 nitrogen and oxygen atoms in total. The number of hydroxylamine groups is 2. The van der Waals surface area contributed by atoms with Gasteiger partial charge in [-0.15, -0.1) is 0 Å². The van der Waals surface area contributed by atoms with E-state index in [4.69, 9.17) is 0 Å².